The smallest absolute Gasteiger partial charge is 0.101 e. The second-order valence-electron chi connectivity index (χ2n) is 3.64. The van der Waals surface area contributed by atoms with E-state index in [1.807, 2.05) is 6.07 Å². The molecule has 1 aliphatic rings. The summed E-state index contributed by atoms with van der Waals surface area (Å²) in [6, 6.07) is 5.81. The molecule has 0 aliphatic carbocycles. The second-order valence-corrected chi connectivity index (χ2v) is 3.64. The number of hydrogen-bond donors (Lipinski definition) is 1. The summed E-state index contributed by atoms with van der Waals surface area (Å²) in [7, 11) is 0. The van der Waals surface area contributed by atoms with Crippen LogP contribution in [0, 0.1) is 11.3 Å². The first-order valence-corrected chi connectivity index (χ1v) is 5.17. The van der Waals surface area contributed by atoms with E-state index < -0.39 is 0 Å². The van der Waals surface area contributed by atoms with Gasteiger partial charge in [-0.05, 0) is 12.1 Å². The van der Waals surface area contributed by atoms with Crippen LogP contribution in [-0.2, 0) is 6.54 Å². The first-order chi connectivity index (χ1) is 7.40. The SMILES string of the molecule is N#Cc1cccnc1CN1CCNCC1. The molecule has 1 aromatic rings. The highest BCUT2D eigenvalue weighted by Crippen LogP contribution is 2.07. The molecule has 0 amide bonds. The Hall–Kier alpha value is -1.44. The zero-order valence-electron chi connectivity index (χ0n) is 8.61. The minimum atomic E-state index is 0.691. The number of nitrogens with one attached hydrogen (secondary N) is 1. The third kappa shape index (κ3) is 2.52. The Morgan fingerprint density at radius 1 is 1.47 bits per heavy atom. The van der Waals surface area contributed by atoms with E-state index in [-0.39, 0.29) is 0 Å². The highest BCUT2D eigenvalue weighted by atomic mass is 15.2. The standard InChI is InChI=1S/C11H14N4/c12-8-10-2-1-3-14-11(10)9-15-6-4-13-5-7-15/h1-3,13H,4-7,9H2. The molecule has 78 valence electrons. The van der Waals surface area contributed by atoms with Crippen molar-refractivity contribution in [3.8, 4) is 6.07 Å². The van der Waals surface area contributed by atoms with Crippen LogP contribution in [0.1, 0.15) is 11.3 Å². The van der Waals surface area contributed by atoms with Crippen molar-refractivity contribution in [3.05, 3.63) is 29.6 Å². The average Bonchev–Trinajstić information content (AvgIpc) is 2.31. The van der Waals surface area contributed by atoms with Gasteiger partial charge in [0.1, 0.15) is 6.07 Å². The minimum absolute atomic E-state index is 0.691. The van der Waals surface area contributed by atoms with E-state index in [2.05, 4.69) is 21.3 Å². The Bertz CT molecular complexity index is 363. The van der Waals surface area contributed by atoms with Crippen molar-refractivity contribution in [3.63, 3.8) is 0 Å². The number of hydrogen-bond acceptors (Lipinski definition) is 4. The highest BCUT2D eigenvalue weighted by molar-refractivity contribution is 5.32. The van der Waals surface area contributed by atoms with E-state index in [4.69, 9.17) is 5.26 Å². The molecule has 0 unspecified atom stereocenters. The van der Waals surface area contributed by atoms with Crippen LogP contribution in [0.2, 0.25) is 0 Å². The fraction of sp³-hybridized carbons (Fsp3) is 0.455. The predicted molar refractivity (Wildman–Crippen MR) is 57.1 cm³/mol. The fourth-order valence-electron chi connectivity index (χ4n) is 1.75. The molecule has 1 saturated heterocycles. The molecular formula is C11H14N4. The van der Waals surface area contributed by atoms with Gasteiger partial charge in [-0.25, -0.2) is 0 Å². The van der Waals surface area contributed by atoms with Gasteiger partial charge < -0.3 is 5.32 Å². The Morgan fingerprint density at radius 2 is 2.27 bits per heavy atom. The summed E-state index contributed by atoms with van der Waals surface area (Å²) in [4.78, 5) is 6.58. The molecular weight excluding hydrogens is 188 g/mol. The zero-order chi connectivity index (χ0) is 10.5. The van der Waals surface area contributed by atoms with Crippen molar-refractivity contribution in [2.45, 2.75) is 6.54 Å². The lowest BCUT2D eigenvalue weighted by Crippen LogP contribution is -2.43. The fourth-order valence-corrected chi connectivity index (χ4v) is 1.75. The van der Waals surface area contributed by atoms with E-state index in [0.717, 1.165) is 38.4 Å². The molecule has 0 bridgehead atoms. The van der Waals surface area contributed by atoms with Crippen LogP contribution in [-0.4, -0.2) is 36.1 Å². The van der Waals surface area contributed by atoms with Gasteiger partial charge in [-0.2, -0.15) is 5.26 Å². The Labute approximate surface area is 89.5 Å². The molecule has 2 rings (SSSR count). The Morgan fingerprint density at radius 3 is 3.00 bits per heavy atom. The molecule has 4 heteroatoms. The molecule has 0 saturated carbocycles. The number of pyridine rings is 1. The van der Waals surface area contributed by atoms with Crippen LogP contribution in [0.25, 0.3) is 0 Å². The van der Waals surface area contributed by atoms with Crippen molar-refractivity contribution in [2.24, 2.45) is 0 Å². The van der Waals surface area contributed by atoms with Crippen LogP contribution < -0.4 is 5.32 Å². The Kier molecular flexibility index (Phi) is 3.28. The molecule has 4 nitrogen and oxygen atoms in total. The topological polar surface area (TPSA) is 52.0 Å². The van der Waals surface area contributed by atoms with Gasteiger partial charge in [0.2, 0.25) is 0 Å². The molecule has 1 fully saturated rings. The van der Waals surface area contributed by atoms with Gasteiger partial charge in [0.05, 0.1) is 11.3 Å². The summed E-state index contributed by atoms with van der Waals surface area (Å²) in [5, 5.41) is 12.2. The van der Waals surface area contributed by atoms with Gasteiger partial charge in [-0.15, -0.1) is 0 Å². The largest absolute Gasteiger partial charge is 0.314 e. The van der Waals surface area contributed by atoms with Gasteiger partial charge in [0, 0.05) is 38.9 Å². The number of nitriles is 1. The third-order valence-electron chi connectivity index (χ3n) is 2.59. The summed E-state index contributed by atoms with van der Waals surface area (Å²) < 4.78 is 0. The quantitative estimate of drug-likeness (QED) is 0.752. The van der Waals surface area contributed by atoms with Crippen molar-refractivity contribution in [2.75, 3.05) is 26.2 Å². The number of nitrogens with zero attached hydrogens (tertiary/aromatic N) is 3. The monoisotopic (exact) mass is 202 g/mol. The second kappa shape index (κ2) is 4.87. The van der Waals surface area contributed by atoms with Gasteiger partial charge in [0.15, 0.2) is 0 Å². The molecule has 15 heavy (non-hydrogen) atoms. The first-order valence-electron chi connectivity index (χ1n) is 5.17. The normalized spacial score (nSPS) is 17.3. The molecule has 2 heterocycles. The summed E-state index contributed by atoms with van der Waals surface area (Å²) in [6.07, 6.45) is 1.75. The van der Waals surface area contributed by atoms with E-state index in [9.17, 15) is 0 Å². The summed E-state index contributed by atoms with van der Waals surface area (Å²) in [6.45, 7) is 4.89. The lowest BCUT2D eigenvalue weighted by atomic mass is 10.2. The first kappa shape index (κ1) is 10.1. The van der Waals surface area contributed by atoms with Crippen LogP contribution in [0.4, 0.5) is 0 Å². The lowest BCUT2D eigenvalue weighted by Gasteiger charge is -2.26. The van der Waals surface area contributed by atoms with Crippen molar-refractivity contribution >= 4 is 0 Å². The average molecular weight is 202 g/mol. The maximum atomic E-state index is 8.93. The van der Waals surface area contributed by atoms with Crippen molar-refractivity contribution in [1.29, 1.82) is 5.26 Å². The molecule has 0 radical (unpaired) electrons. The third-order valence-corrected chi connectivity index (χ3v) is 2.59. The van der Waals surface area contributed by atoms with Crippen molar-refractivity contribution in [1.82, 2.24) is 15.2 Å². The lowest BCUT2D eigenvalue weighted by molar-refractivity contribution is 0.230. The van der Waals surface area contributed by atoms with E-state index >= 15 is 0 Å². The molecule has 0 atom stereocenters. The maximum absolute atomic E-state index is 8.93. The van der Waals surface area contributed by atoms with Crippen molar-refractivity contribution < 1.29 is 0 Å². The van der Waals surface area contributed by atoms with Crippen LogP contribution in [0.15, 0.2) is 18.3 Å². The summed E-state index contributed by atoms with van der Waals surface area (Å²) >= 11 is 0. The minimum Gasteiger partial charge on any atom is -0.314 e. The van der Waals surface area contributed by atoms with Crippen LogP contribution in [0.3, 0.4) is 0 Å². The predicted octanol–water partition coefficient (Wildman–Crippen LogP) is 0.358. The van der Waals surface area contributed by atoms with Gasteiger partial charge >= 0.3 is 0 Å². The van der Waals surface area contributed by atoms with E-state index in [1.165, 1.54) is 0 Å². The summed E-state index contributed by atoms with van der Waals surface area (Å²) in [5.41, 5.74) is 1.58. The molecule has 1 aliphatic heterocycles. The van der Waals surface area contributed by atoms with Gasteiger partial charge in [0.25, 0.3) is 0 Å². The molecule has 0 spiro atoms. The molecule has 1 aromatic heterocycles. The Balaban J connectivity index is 2.06. The number of rotatable bonds is 2. The zero-order valence-corrected chi connectivity index (χ0v) is 8.61. The highest BCUT2D eigenvalue weighted by Gasteiger charge is 2.12. The van der Waals surface area contributed by atoms with Gasteiger partial charge in [-0.3, -0.25) is 9.88 Å². The van der Waals surface area contributed by atoms with E-state index in [1.54, 1.807) is 12.3 Å². The van der Waals surface area contributed by atoms with Crippen LogP contribution in [0.5, 0.6) is 0 Å². The number of piperazine rings is 1. The van der Waals surface area contributed by atoms with Gasteiger partial charge in [-0.1, -0.05) is 0 Å². The summed E-state index contributed by atoms with van der Waals surface area (Å²) in [5.74, 6) is 0. The number of aromatic nitrogens is 1. The molecule has 1 N–H and O–H groups in total. The molecule has 0 aromatic carbocycles. The van der Waals surface area contributed by atoms with Crippen LogP contribution >= 0.6 is 0 Å². The van der Waals surface area contributed by atoms with E-state index in [0.29, 0.717) is 5.56 Å². The maximum Gasteiger partial charge on any atom is 0.101 e.